The van der Waals surface area contributed by atoms with Crippen molar-refractivity contribution in [1.82, 2.24) is 10.2 Å². The number of hydrogen-bond donors (Lipinski definition) is 1. The SMILES string of the molecule is COc1ccc(C2CC(=O)N(Cc3cn[nH]c3-c3ccccc3)c3ccc(OC)cc3S2)c(OC)c1. The highest BCUT2D eigenvalue weighted by atomic mass is 32.2. The van der Waals surface area contributed by atoms with Gasteiger partial charge in [0.2, 0.25) is 5.91 Å². The van der Waals surface area contributed by atoms with Crippen LogP contribution < -0.4 is 19.1 Å². The molecule has 4 aromatic rings. The van der Waals surface area contributed by atoms with Gasteiger partial charge in [-0.3, -0.25) is 9.89 Å². The molecule has 1 aromatic heterocycles. The predicted molar refractivity (Wildman–Crippen MR) is 141 cm³/mol. The molecular formula is C28H27N3O4S. The van der Waals surface area contributed by atoms with Crippen LogP contribution >= 0.6 is 11.8 Å². The second-order valence-corrected chi connectivity index (χ2v) is 9.61. The first-order valence-electron chi connectivity index (χ1n) is 11.6. The zero-order valence-electron chi connectivity index (χ0n) is 20.4. The summed E-state index contributed by atoms with van der Waals surface area (Å²) in [4.78, 5) is 16.6. The number of rotatable bonds is 7. The van der Waals surface area contributed by atoms with E-state index in [1.165, 1.54) is 0 Å². The van der Waals surface area contributed by atoms with Crippen LogP contribution in [-0.4, -0.2) is 37.4 Å². The fourth-order valence-corrected chi connectivity index (χ4v) is 5.76. The Morgan fingerprint density at radius 2 is 1.72 bits per heavy atom. The van der Waals surface area contributed by atoms with E-state index in [0.717, 1.165) is 38.7 Å². The molecule has 1 amide bonds. The molecule has 7 nitrogen and oxygen atoms in total. The van der Waals surface area contributed by atoms with Crippen molar-refractivity contribution in [2.75, 3.05) is 26.2 Å². The summed E-state index contributed by atoms with van der Waals surface area (Å²) in [7, 11) is 4.90. The Balaban J connectivity index is 1.54. The second kappa shape index (κ2) is 10.4. The van der Waals surface area contributed by atoms with Crippen molar-refractivity contribution >= 4 is 23.4 Å². The maximum Gasteiger partial charge on any atom is 0.228 e. The van der Waals surface area contributed by atoms with E-state index >= 15 is 0 Å². The molecule has 1 unspecified atom stereocenters. The third-order valence-corrected chi connectivity index (χ3v) is 7.57. The zero-order chi connectivity index (χ0) is 25.1. The number of aromatic amines is 1. The lowest BCUT2D eigenvalue weighted by atomic mass is 10.1. The molecule has 1 aliphatic heterocycles. The lowest BCUT2D eigenvalue weighted by Crippen LogP contribution is -2.30. The van der Waals surface area contributed by atoms with Crippen LogP contribution in [0.5, 0.6) is 17.2 Å². The molecule has 0 bridgehead atoms. The Kier molecular flexibility index (Phi) is 6.86. The van der Waals surface area contributed by atoms with Gasteiger partial charge in [0.25, 0.3) is 0 Å². The summed E-state index contributed by atoms with van der Waals surface area (Å²) in [5, 5.41) is 7.24. The van der Waals surface area contributed by atoms with Gasteiger partial charge in [0.15, 0.2) is 0 Å². The molecule has 0 saturated carbocycles. The summed E-state index contributed by atoms with van der Waals surface area (Å²) in [5.74, 6) is 2.16. The molecule has 0 spiro atoms. The average Bonchev–Trinajstić information content (AvgIpc) is 3.34. The number of nitrogens with one attached hydrogen (secondary N) is 1. The Hall–Kier alpha value is -3.91. The molecule has 1 aliphatic rings. The van der Waals surface area contributed by atoms with Crippen molar-refractivity contribution in [3.8, 4) is 28.5 Å². The number of benzene rings is 3. The van der Waals surface area contributed by atoms with Crippen LogP contribution in [0, 0.1) is 0 Å². The number of carbonyl (C=O) groups is 1. The highest BCUT2D eigenvalue weighted by molar-refractivity contribution is 7.99. The molecular weight excluding hydrogens is 474 g/mol. The van der Waals surface area contributed by atoms with Gasteiger partial charge in [-0.25, -0.2) is 0 Å². The highest BCUT2D eigenvalue weighted by Gasteiger charge is 2.32. The van der Waals surface area contributed by atoms with E-state index in [-0.39, 0.29) is 11.2 Å². The maximum absolute atomic E-state index is 13.8. The highest BCUT2D eigenvalue weighted by Crippen LogP contribution is 2.49. The molecule has 3 aromatic carbocycles. The summed E-state index contributed by atoms with van der Waals surface area (Å²) in [6, 6.07) is 21.6. The van der Waals surface area contributed by atoms with E-state index < -0.39 is 0 Å². The standard InChI is InChI=1S/C28H27N3O4S/c1-33-20-9-11-22(24(13-20)35-3)25-15-27(32)31(23-12-10-21(34-2)14-26(23)36-25)17-19-16-29-30-28(19)18-7-5-4-6-8-18/h4-14,16,25H,15,17H2,1-3H3,(H,29,30). The molecule has 2 heterocycles. The number of amides is 1. The van der Waals surface area contributed by atoms with Gasteiger partial charge >= 0.3 is 0 Å². The normalized spacial score (nSPS) is 15.2. The van der Waals surface area contributed by atoms with Crippen molar-refractivity contribution in [1.29, 1.82) is 0 Å². The zero-order valence-corrected chi connectivity index (χ0v) is 21.2. The molecule has 8 heteroatoms. The van der Waals surface area contributed by atoms with Crippen molar-refractivity contribution in [3.05, 3.63) is 84.1 Å². The van der Waals surface area contributed by atoms with E-state index in [1.54, 1.807) is 39.3 Å². The van der Waals surface area contributed by atoms with Crippen LogP contribution in [0.25, 0.3) is 11.3 Å². The van der Waals surface area contributed by atoms with Crippen LogP contribution in [-0.2, 0) is 11.3 Å². The van der Waals surface area contributed by atoms with Crippen molar-refractivity contribution in [2.24, 2.45) is 0 Å². The third kappa shape index (κ3) is 4.64. The lowest BCUT2D eigenvalue weighted by Gasteiger charge is -2.23. The molecule has 5 rings (SSSR count). The summed E-state index contributed by atoms with van der Waals surface area (Å²) in [6.45, 7) is 0.395. The summed E-state index contributed by atoms with van der Waals surface area (Å²) in [6.07, 6.45) is 2.10. The number of aromatic nitrogens is 2. The lowest BCUT2D eigenvalue weighted by molar-refractivity contribution is -0.118. The van der Waals surface area contributed by atoms with Crippen molar-refractivity contribution in [2.45, 2.75) is 23.1 Å². The van der Waals surface area contributed by atoms with Gasteiger partial charge in [-0.2, -0.15) is 5.10 Å². The van der Waals surface area contributed by atoms with Crippen molar-refractivity contribution < 1.29 is 19.0 Å². The fraction of sp³-hybridized carbons (Fsp3) is 0.214. The molecule has 36 heavy (non-hydrogen) atoms. The minimum absolute atomic E-state index is 0.0227. The van der Waals surface area contributed by atoms with E-state index in [4.69, 9.17) is 14.2 Å². The quantitative estimate of drug-likeness (QED) is 0.341. The van der Waals surface area contributed by atoms with Crippen LogP contribution in [0.2, 0.25) is 0 Å². The molecule has 1 atom stereocenters. The largest absolute Gasteiger partial charge is 0.497 e. The number of fused-ring (bicyclic) bond motifs is 1. The van der Waals surface area contributed by atoms with Gasteiger partial charge in [-0.1, -0.05) is 36.4 Å². The average molecular weight is 502 g/mol. The number of H-pyrrole nitrogens is 1. The fourth-order valence-electron chi connectivity index (χ4n) is 4.42. The molecule has 184 valence electrons. The van der Waals surface area contributed by atoms with Gasteiger partial charge in [-0.15, -0.1) is 11.8 Å². The monoisotopic (exact) mass is 501 g/mol. The predicted octanol–water partition coefficient (Wildman–Crippen LogP) is 5.87. The Morgan fingerprint density at radius 1 is 0.972 bits per heavy atom. The third-order valence-electron chi connectivity index (χ3n) is 6.28. The van der Waals surface area contributed by atoms with Crippen LogP contribution in [0.4, 0.5) is 5.69 Å². The van der Waals surface area contributed by atoms with E-state index in [2.05, 4.69) is 10.2 Å². The second-order valence-electron chi connectivity index (χ2n) is 8.37. The molecule has 1 N–H and O–H groups in total. The Morgan fingerprint density at radius 3 is 2.47 bits per heavy atom. The number of methoxy groups -OCH3 is 3. The van der Waals surface area contributed by atoms with Gasteiger partial charge in [0.05, 0.1) is 45.5 Å². The van der Waals surface area contributed by atoms with Gasteiger partial charge in [-0.05, 0) is 29.8 Å². The minimum atomic E-state index is -0.146. The van der Waals surface area contributed by atoms with Crippen LogP contribution in [0.1, 0.15) is 22.8 Å². The first-order chi connectivity index (χ1) is 17.6. The Bertz CT molecular complexity index is 1370. The number of thioether (sulfide) groups is 1. The minimum Gasteiger partial charge on any atom is -0.497 e. The topological polar surface area (TPSA) is 76.7 Å². The van der Waals surface area contributed by atoms with E-state index in [9.17, 15) is 4.79 Å². The first kappa shape index (κ1) is 23.8. The number of hydrogen-bond acceptors (Lipinski definition) is 6. The first-order valence-corrected chi connectivity index (χ1v) is 12.4. The van der Waals surface area contributed by atoms with Gasteiger partial charge in [0.1, 0.15) is 17.2 Å². The molecule has 0 aliphatic carbocycles. The Labute approximate surface area is 214 Å². The number of ether oxygens (including phenoxy) is 3. The smallest absolute Gasteiger partial charge is 0.228 e. The summed E-state index contributed by atoms with van der Waals surface area (Å²) < 4.78 is 16.5. The molecule has 0 radical (unpaired) electrons. The van der Waals surface area contributed by atoms with Gasteiger partial charge in [0, 0.05) is 33.8 Å². The maximum atomic E-state index is 13.8. The van der Waals surface area contributed by atoms with Crippen LogP contribution in [0.3, 0.4) is 0 Å². The number of carbonyl (C=O) groups excluding carboxylic acids is 1. The molecule has 0 saturated heterocycles. The van der Waals surface area contributed by atoms with E-state index in [0.29, 0.717) is 24.5 Å². The summed E-state index contributed by atoms with van der Waals surface area (Å²) in [5.41, 5.74) is 4.67. The number of anilines is 1. The molecule has 0 fully saturated rings. The van der Waals surface area contributed by atoms with Crippen LogP contribution in [0.15, 0.2) is 77.8 Å². The van der Waals surface area contributed by atoms with Gasteiger partial charge < -0.3 is 19.1 Å². The van der Waals surface area contributed by atoms with Crippen molar-refractivity contribution in [3.63, 3.8) is 0 Å². The van der Waals surface area contributed by atoms with E-state index in [1.807, 2.05) is 71.6 Å². The summed E-state index contributed by atoms with van der Waals surface area (Å²) >= 11 is 1.64. The number of nitrogens with zero attached hydrogens (tertiary/aromatic N) is 2.